The number of primary amides is 1. The van der Waals surface area contributed by atoms with E-state index in [2.05, 4.69) is 57.2 Å². The van der Waals surface area contributed by atoms with Crippen molar-refractivity contribution in [1.29, 1.82) is 0 Å². The van der Waals surface area contributed by atoms with E-state index in [1.165, 1.54) is 20.8 Å². The first kappa shape index (κ1) is 64.0. The summed E-state index contributed by atoms with van der Waals surface area (Å²) in [5.41, 5.74) is 54.4. The second-order valence-electron chi connectivity index (χ2n) is 15.7. The fourth-order valence-electron chi connectivity index (χ4n) is 5.74. The first-order valence-electron chi connectivity index (χ1n) is 22.1. The molecule has 0 aliphatic heterocycles. The fourth-order valence-corrected chi connectivity index (χ4v) is 8.02. The zero-order chi connectivity index (χ0) is 54.2. The molecule has 31 nitrogen and oxygen atoms in total. The topological polar surface area (TPSA) is 568 Å². The molecule has 33 heteroatoms. The Morgan fingerprint density at radius 1 is 0.437 bits per heavy atom. The number of carboxylic acids is 1. The van der Waals surface area contributed by atoms with E-state index in [1.54, 1.807) is 0 Å². The molecule has 402 valence electrons. The molecule has 0 fully saturated rings. The third-order valence-corrected chi connectivity index (χ3v) is 11.9. The zero-order valence-corrected chi connectivity index (χ0v) is 41.7. The maximum atomic E-state index is 14.1. The molecule has 0 aromatic rings. The Morgan fingerprint density at radius 3 is 1.06 bits per heavy atom. The number of nitrogens with zero attached hydrogens (tertiary/aromatic N) is 4. The largest absolute Gasteiger partial charge is 0.480 e. The summed E-state index contributed by atoms with van der Waals surface area (Å²) in [6.07, 6.45) is 0.443. The SMILES string of the molecule is CC(=O)N[C@H](CSSC[C@@H](N)C(=O)O)C(=O)N[C@H](C)C(=O)N[C@H](CCCN=C(N)N)C(=O)N[C@H](CCCN=C(N)N)C(=O)N[C@H](CCCN=C(N)N)C(=O)N[C@H](C)C(=O)N[C@H](CCCN=C(N)N)C(N)=O. The Kier molecular flexibility index (Phi) is 31.6. The number of aliphatic carboxylic acids is 1. The first-order chi connectivity index (χ1) is 33.2. The molecule has 0 aliphatic carbocycles. The molecule has 0 bridgehead atoms. The molecule has 0 rings (SSSR count). The zero-order valence-electron chi connectivity index (χ0n) is 40.0. The highest BCUT2D eigenvalue weighted by Gasteiger charge is 2.32. The van der Waals surface area contributed by atoms with Gasteiger partial charge in [0.1, 0.15) is 48.3 Å². The molecule has 8 amide bonds. The minimum atomic E-state index is -1.41. The Hall–Kier alpha value is -7.03. The van der Waals surface area contributed by atoms with Crippen molar-refractivity contribution in [3.8, 4) is 0 Å². The van der Waals surface area contributed by atoms with E-state index in [0.29, 0.717) is 0 Å². The molecule has 0 aromatic carbocycles. The van der Waals surface area contributed by atoms with E-state index in [0.717, 1.165) is 21.6 Å². The summed E-state index contributed by atoms with van der Waals surface area (Å²) in [5.74, 6) is -8.58. The molecule has 28 N–H and O–H groups in total. The van der Waals surface area contributed by atoms with Crippen LogP contribution in [0.3, 0.4) is 0 Å². The van der Waals surface area contributed by atoms with Crippen molar-refractivity contribution in [2.24, 2.45) is 77.3 Å². The lowest BCUT2D eigenvalue weighted by Gasteiger charge is -2.27. The molecule has 0 saturated carbocycles. The fraction of sp³-hybridized carbons (Fsp3) is 0.658. The van der Waals surface area contributed by atoms with Gasteiger partial charge in [-0.15, -0.1) is 0 Å². The highest BCUT2D eigenvalue weighted by atomic mass is 33.1. The Bertz CT molecular complexity index is 1910. The standard InChI is InChI=1S/C38H73N21O10S2/c1-18(28(62)56-22(27(40)61)8-4-12-49-35(41)42)53-30(64)23(9-5-13-50-36(43)44)58-32(66)25(11-7-15-52-38(47)48)59-31(65)24(10-6-14-51-37(45)46)57-29(63)19(2)54-33(67)26(55-20(3)60)17-71-70-16-21(39)34(68)69/h18-19,21-26H,4-17,39H2,1-3H3,(H2,40,61)(H,53,64)(H,54,67)(H,55,60)(H,56,62)(H,57,63)(H,58,66)(H,59,65)(H,68,69)(H4,41,42,49)(H4,43,44,50)(H4,45,46,51)(H4,47,48,52)/t18-,19-,21-,22-,23-,24-,25-,26-/m1/s1. The molecule has 0 heterocycles. The number of nitrogens with two attached hydrogens (primary N) is 10. The first-order valence-corrected chi connectivity index (χ1v) is 24.6. The minimum Gasteiger partial charge on any atom is -0.480 e. The smallest absolute Gasteiger partial charge is 0.321 e. The molecular weight excluding hydrogens is 975 g/mol. The minimum absolute atomic E-state index is 0.00144. The number of aliphatic imine (C=N–C) groups is 4. The van der Waals surface area contributed by atoms with Crippen LogP contribution in [0.25, 0.3) is 0 Å². The number of nitrogens with one attached hydrogen (secondary N) is 7. The molecule has 8 atom stereocenters. The van der Waals surface area contributed by atoms with E-state index in [9.17, 15) is 43.2 Å². The number of carbonyl (C=O) groups excluding carboxylic acids is 8. The van der Waals surface area contributed by atoms with Gasteiger partial charge in [-0.05, 0) is 65.2 Å². The van der Waals surface area contributed by atoms with Crippen LogP contribution in [0.2, 0.25) is 0 Å². The summed E-state index contributed by atoms with van der Waals surface area (Å²) in [6, 6.07) is -10.2. The predicted molar refractivity (Wildman–Crippen MR) is 270 cm³/mol. The molecule has 0 saturated heterocycles. The summed E-state index contributed by atoms with van der Waals surface area (Å²) in [6.45, 7) is 4.04. The maximum absolute atomic E-state index is 14.1. The quantitative estimate of drug-likeness (QED) is 0.0120. The van der Waals surface area contributed by atoms with E-state index < -0.39 is 102 Å². The lowest BCUT2D eigenvalue weighted by molar-refractivity contribution is -0.138. The molecule has 0 aromatic heterocycles. The average Bonchev–Trinajstić information content (AvgIpc) is 3.27. The van der Waals surface area contributed by atoms with E-state index in [1.807, 2.05) is 0 Å². The van der Waals surface area contributed by atoms with E-state index >= 15 is 0 Å². The van der Waals surface area contributed by atoms with Crippen molar-refractivity contribution in [3.05, 3.63) is 0 Å². The monoisotopic (exact) mass is 1050 g/mol. The molecule has 0 spiro atoms. The number of amides is 8. The Labute approximate surface area is 418 Å². The molecule has 0 radical (unpaired) electrons. The normalized spacial score (nSPS) is 14.0. The van der Waals surface area contributed by atoms with Gasteiger partial charge in [-0.2, -0.15) is 0 Å². The van der Waals surface area contributed by atoms with Gasteiger partial charge >= 0.3 is 5.97 Å². The molecule has 71 heavy (non-hydrogen) atoms. The lowest BCUT2D eigenvalue weighted by atomic mass is 10.0. The average molecular weight is 1050 g/mol. The second-order valence-corrected chi connectivity index (χ2v) is 18.2. The van der Waals surface area contributed by atoms with E-state index in [-0.39, 0.29) is 113 Å². The van der Waals surface area contributed by atoms with Crippen LogP contribution < -0.4 is 94.6 Å². The summed E-state index contributed by atoms with van der Waals surface area (Å²) in [7, 11) is 2.12. The van der Waals surface area contributed by atoms with Crippen LogP contribution in [-0.2, 0) is 43.2 Å². The van der Waals surface area contributed by atoms with Crippen molar-refractivity contribution < 1.29 is 48.3 Å². The van der Waals surface area contributed by atoms with Gasteiger partial charge in [0.25, 0.3) is 0 Å². The molecular formula is C38H73N21O10S2. The van der Waals surface area contributed by atoms with Crippen LogP contribution >= 0.6 is 21.6 Å². The summed E-state index contributed by atoms with van der Waals surface area (Å²) < 4.78 is 0. The van der Waals surface area contributed by atoms with Crippen LogP contribution in [0.15, 0.2) is 20.0 Å². The maximum Gasteiger partial charge on any atom is 0.321 e. The number of hydrogen-bond donors (Lipinski definition) is 18. The Morgan fingerprint density at radius 2 is 0.732 bits per heavy atom. The second kappa shape index (κ2) is 35.1. The van der Waals surface area contributed by atoms with Gasteiger partial charge in [-0.1, -0.05) is 21.6 Å². The predicted octanol–water partition coefficient (Wildman–Crippen LogP) is -8.07. The summed E-state index contributed by atoms with van der Waals surface area (Å²) in [5, 5.41) is 26.7. The van der Waals surface area contributed by atoms with Gasteiger partial charge in [0.05, 0.1) is 0 Å². The number of rotatable bonds is 36. The summed E-state index contributed by atoms with van der Waals surface area (Å²) >= 11 is 0. The number of hydrogen-bond acceptors (Lipinski definition) is 16. The van der Waals surface area contributed by atoms with Gasteiger partial charge < -0.3 is 99.7 Å². The molecule has 0 aliphatic rings. The van der Waals surface area contributed by atoms with Crippen LogP contribution in [-0.4, -0.2) is 168 Å². The van der Waals surface area contributed by atoms with Gasteiger partial charge in [-0.3, -0.25) is 63.1 Å². The number of guanidine groups is 4. The van der Waals surface area contributed by atoms with Crippen molar-refractivity contribution in [2.45, 2.75) is 120 Å². The Balaban J connectivity index is 6.54. The van der Waals surface area contributed by atoms with Crippen LogP contribution in [0.1, 0.15) is 72.1 Å². The third kappa shape index (κ3) is 30.2. The van der Waals surface area contributed by atoms with Gasteiger partial charge in [0, 0.05) is 44.6 Å². The van der Waals surface area contributed by atoms with Crippen LogP contribution in [0.5, 0.6) is 0 Å². The van der Waals surface area contributed by atoms with Gasteiger partial charge in [0.15, 0.2) is 23.8 Å². The molecule has 0 unspecified atom stereocenters. The van der Waals surface area contributed by atoms with Crippen molar-refractivity contribution >= 4 is 98.7 Å². The third-order valence-electron chi connectivity index (χ3n) is 9.42. The van der Waals surface area contributed by atoms with Gasteiger partial charge in [-0.25, -0.2) is 0 Å². The van der Waals surface area contributed by atoms with Crippen molar-refractivity contribution in [2.75, 3.05) is 37.7 Å². The number of carboxylic acid groups (broad SMARTS) is 1. The van der Waals surface area contributed by atoms with Crippen molar-refractivity contribution in [3.63, 3.8) is 0 Å². The lowest BCUT2D eigenvalue weighted by Crippen LogP contribution is -2.59. The highest BCUT2D eigenvalue weighted by Crippen LogP contribution is 2.23. The highest BCUT2D eigenvalue weighted by molar-refractivity contribution is 8.76. The summed E-state index contributed by atoms with van der Waals surface area (Å²) in [4.78, 5) is 133. The van der Waals surface area contributed by atoms with E-state index in [4.69, 9.17) is 62.4 Å². The number of carbonyl (C=O) groups is 9. The van der Waals surface area contributed by atoms with Crippen LogP contribution in [0, 0.1) is 0 Å². The van der Waals surface area contributed by atoms with Gasteiger partial charge in [0.2, 0.25) is 47.3 Å². The van der Waals surface area contributed by atoms with Crippen molar-refractivity contribution in [1.82, 2.24) is 37.2 Å². The van der Waals surface area contributed by atoms with Crippen LogP contribution in [0.4, 0.5) is 0 Å².